The van der Waals surface area contributed by atoms with Crippen molar-refractivity contribution in [3.63, 3.8) is 0 Å². The minimum Gasteiger partial charge on any atom is -0.497 e. The summed E-state index contributed by atoms with van der Waals surface area (Å²) in [5, 5.41) is 12.1. The molecule has 0 saturated heterocycles. The van der Waals surface area contributed by atoms with E-state index in [2.05, 4.69) is 5.32 Å². The first-order valence-corrected chi connectivity index (χ1v) is 9.69. The molecule has 0 saturated carbocycles. The van der Waals surface area contributed by atoms with E-state index in [-0.39, 0.29) is 12.2 Å². The van der Waals surface area contributed by atoms with Gasteiger partial charge in [-0.3, -0.25) is 4.79 Å². The molecule has 1 amide bonds. The molecule has 2 N–H and O–H groups in total. The van der Waals surface area contributed by atoms with Gasteiger partial charge in [0, 0.05) is 6.42 Å². The van der Waals surface area contributed by atoms with Crippen molar-refractivity contribution in [2.24, 2.45) is 0 Å². The molecule has 8 heteroatoms. The van der Waals surface area contributed by atoms with E-state index in [1.807, 2.05) is 0 Å². The highest BCUT2D eigenvalue weighted by Crippen LogP contribution is 2.17. The molecule has 2 aromatic carbocycles. The predicted octanol–water partition coefficient (Wildman–Crippen LogP) is 3.23. The number of aliphatic carboxylic acids is 1. The van der Waals surface area contributed by atoms with Crippen LogP contribution in [0.1, 0.15) is 26.3 Å². The fourth-order valence-corrected chi connectivity index (χ4v) is 2.72. The topological polar surface area (TPSA) is 111 Å². The van der Waals surface area contributed by atoms with Crippen LogP contribution in [-0.2, 0) is 20.7 Å². The molecule has 0 radical (unpaired) electrons. The number of carboxylic acids is 1. The Balaban J connectivity index is 2.27. The highest BCUT2D eigenvalue weighted by molar-refractivity contribution is 6.05. The summed E-state index contributed by atoms with van der Waals surface area (Å²) < 4.78 is 15.8. The Morgan fingerprint density at radius 3 is 2.10 bits per heavy atom. The summed E-state index contributed by atoms with van der Waals surface area (Å²) in [4.78, 5) is 37.2. The Kier molecular flexibility index (Phi) is 8.01. The van der Waals surface area contributed by atoms with E-state index in [0.29, 0.717) is 11.3 Å². The Bertz CT molecular complexity index is 888. The van der Waals surface area contributed by atoms with Crippen molar-refractivity contribution in [2.75, 3.05) is 7.11 Å². The van der Waals surface area contributed by atoms with Crippen LogP contribution in [0.25, 0.3) is 0 Å². The number of carbonyl (C=O) groups excluding carboxylic acids is 2. The number of amides is 1. The standard InChI is InChI=1S/C23H27NO7/c1-23(2,3)31-22(28)24-18(14-15-10-12-16(29-4)13-11-15)19(25)20(21(26)27)30-17-8-6-5-7-9-17/h5-13,18,20H,14H2,1-4H3,(H,24,28)(H,26,27). The summed E-state index contributed by atoms with van der Waals surface area (Å²) in [5.74, 6) is -1.41. The summed E-state index contributed by atoms with van der Waals surface area (Å²) in [5.41, 5.74) is -0.0936. The van der Waals surface area contributed by atoms with E-state index in [4.69, 9.17) is 14.2 Å². The number of nitrogens with one attached hydrogen (secondary N) is 1. The molecule has 0 aromatic heterocycles. The smallest absolute Gasteiger partial charge is 0.408 e. The summed E-state index contributed by atoms with van der Waals surface area (Å²) in [6.07, 6.45) is -2.59. The number of hydrogen-bond donors (Lipinski definition) is 2. The number of para-hydroxylation sites is 1. The van der Waals surface area contributed by atoms with Gasteiger partial charge in [0.25, 0.3) is 6.10 Å². The van der Waals surface area contributed by atoms with Gasteiger partial charge < -0.3 is 24.6 Å². The lowest BCUT2D eigenvalue weighted by molar-refractivity contribution is -0.151. The van der Waals surface area contributed by atoms with E-state index in [1.54, 1.807) is 75.4 Å². The van der Waals surface area contributed by atoms with Crippen LogP contribution in [0.3, 0.4) is 0 Å². The van der Waals surface area contributed by atoms with Gasteiger partial charge in [-0.1, -0.05) is 30.3 Å². The van der Waals surface area contributed by atoms with Gasteiger partial charge in [0.2, 0.25) is 5.78 Å². The van der Waals surface area contributed by atoms with Crippen molar-refractivity contribution in [2.45, 2.75) is 44.9 Å². The van der Waals surface area contributed by atoms with E-state index in [0.717, 1.165) is 0 Å². The molecule has 166 valence electrons. The molecule has 0 spiro atoms. The molecule has 31 heavy (non-hydrogen) atoms. The van der Waals surface area contributed by atoms with Crippen molar-refractivity contribution in [3.05, 3.63) is 60.2 Å². The first kappa shape index (κ1) is 23.7. The fourth-order valence-electron chi connectivity index (χ4n) is 2.72. The number of hydrogen-bond acceptors (Lipinski definition) is 6. The molecular formula is C23H27NO7. The molecule has 0 aliphatic carbocycles. The van der Waals surface area contributed by atoms with E-state index in [1.165, 1.54) is 7.11 Å². The zero-order chi connectivity index (χ0) is 23.0. The monoisotopic (exact) mass is 429 g/mol. The molecular weight excluding hydrogens is 402 g/mol. The van der Waals surface area contributed by atoms with Gasteiger partial charge in [-0.15, -0.1) is 0 Å². The van der Waals surface area contributed by atoms with Crippen LogP contribution >= 0.6 is 0 Å². The lowest BCUT2D eigenvalue weighted by Gasteiger charge is -2.25. The van der Waals surface area contributed by atoms with Crippen LogP contribution in [0.5, 0.6) is 11.5 Å². The molecule has 2 aromatic rings. The van der Waals surface area contributed by atoms with E-state index >= 15 is 0 Å². The normalized spacial score (nSPS) is 12.9. The Hall–Kier alpha value is -3.55. The minimum absolute atomic E-state index is 0.0456. The Morgan fingerprint density at radius 1 is 0.968 bits per heavy atom. The van der Waals surface area contributed by atoms with Crippen LogP contribution in [0.2, 0.25) is 0 Å². The molecule has 0 heterocycles. The van der Waals surface area contributed by atoms with Crippen LogP contribution in [0.15, 0.2) is 54.6 Å². The van der Waals surface area contributed by atoms with Crippen molar-refractivity contribution in [3.8, 4) is 11.5 Å². The van der Waals surface area contributed by atoms with Crippen LogP contribution in [-0.4, -0.2) is 47.8 Å². The van der Waals surface area contributed by atoms with E-state index in [9.17, 15) is 19.5 Å². The lowest BCUT2D eigenvalue weighted by Crippen LogP contribution is -2.51. The number of rotatable bonds is 9. The summed E-state index contributed by atoms with van der Waals surface area (Å²) in [7, 11) is 1.53. The maximum Gasteiger partial charge on any atom is 0.408 e. The lowest BCUT2D eigenvalue weighted by atomic mass is 9.99. The molecule has 0 bridgehead atoms. The second kappa shape index (κ2) is 10.5. The highest BCUT2D eigenvalue weighted by Gasteiger charge is 2.36. The quantitative estimate of drug-likeness (QED) is 0.589. The number of carboxylic acid groups (broad SMARTS) is 1. The molecule has 0 aliphatic rings. The zero-order valence-electron chi connectivity index (χ0n) is 18.0. The number of benzene rings is 2. The molecule has 2 unspecified atom stereocenters. The number of methoxy groups -OCH3 is 1. The number of Topliss-reactive ketones (excluding diaryl/α,β-unsaturated/α-hetero) is 1. The van der Waals surface area contributed by atoms with Gasteiger partial charge in [0.15, 0.2) is 0 Å². The van der Waals surface area contributed by atoms with Crippen molar-refractivity contribution in [1.29, 1.82) is 0 Å². The van der Waals surface area contributed by atoms with Crippen molar-refractivity contribution >= 4 is 17.8 Å². The number of ether oxygens (including phenoxy) is 3. The van der Waals surface area contributed by atoms with Crippen molar-refractivity contribution < 1.29 is 33.7 Å². The van der Waals surface area contributed by atoms with Gasteiger partial charge in [-0.25, -0.2) is 9.59 Å². The highest BCUT2D eigenvalue weighted by atomic mass is 16.6. The molecule has 2 rings (SSSR count). The van der Waals surface area contributed by atoms with Crippen LogP contribution in [0, 0.1) is 0 Å². The van der Waals surface area contributed by atoms with Gasteiger partial charge in [0.05, 0.1) is 13.2 Å². The van der Waals surface area contributed by atoms with Gasteiger partial charge in [0.1, 0.15) is 17.1 Å². The van der Waals surface area contributed by atoms with Gasteiger partial charge >= 0.3 is 12.1 Å². The maximum atomic E-state index is 13.1. The van der Waals surface area contributed by atoms with Crippen LogP contribution in [0.4, 0.5) is 4.79 Å². The zero-order valence-corrected chi connectivity index (χ0v) is 18.0. The van der Waals surface area contributed by atoms with Crippen molar-refractivity contribution in [1.82, 2.24) is 5.32 Å². The number of alkyl carbamates (subject to hydrolysis) is 1. The third kappa shape index (κ3) is 7.65. The predicted molar refractivity (Wildman–Crippen MR) is 113 cm³/mol. The van der Waals surface area contributed by atoms with Crippen LogP contribution < -0.4 is 14.8 Å². The first-order chi connectivity index (χ1) is 14.6. The number of ketones is 1. The third-order valence-electron chi connectivity index (χ3n) is 4.11. The average Bonchev–Trinajstić information content (AvgIpc) is 2.70. The minimum atomic E-state index is -1.81. The van der Waals surface area contributed by atoms with Gasteiger partial charge in [-0.05, 0) is 50.6 Å². The summed E-state index contributed by atoms with van der Waals surface area (Å²) in [6, 6.07) is 13.8. The SMILES string of the molecule is COc1ccc(CC(NC(=O)OC(C)(C)C)C(=O)C(Oc2ccccc2)C(=O)O)cc1. The second-order valence-electron chi connectivity index (χ2n) is 7.80. The van der Waals surface area contributed by atoms with Gasteiger partial charge in [-0.2, -0.15) is 0 Å². The number of carbonyl (C=O) groups is 3. The Labute approximate surface area is 181 Å². The van der Waals surface area contributed by atoms with E-state index < -0.39 is 35.6 Å². The third-order valence-corrected chi connectivity index (χ3v) is 4.11. The average molecular weight is 429 g/mol. The largest absolute Gasteiger partial charge is 0.497 e. The fraction of sp³-hybridized carbons (Fsp3) is 0.348. The summed E-state index contributed by atoms with van der Waals surface area (Å²) >= 11 is 0. The summed E-state index contributed by atoms with van der Waals surface area (Å²) in [6.45, 7) is 5.06. The molecule has 8 nitrogen and oxygen atoms in total. The Morgan fingerprint density at radius 2 is 1.58 bits per heavy atom. The molecule has 2 atom stereocenters. The second-order valence-corrected chi connectivity index (χ2v) is 7.80. The molecule has 0 fully saturated rings. The maximum absolute atomic E-state index is 13.1. The first-order valence-electron chi connectivity index (χ1n) is 9.69. The molecule has 0 aliphatic heterocycles.